The molecule has 17 heavy (non-hydrogen) atoms. The van der Waals surface area contributed by atoms with Gasteiger partial charge < -0.3 is 4.90 Å². The monoisotopic (exact) mass is 227 g/mol. The van der Waals surface area contributed by atoms with Crippen molar-refractivity contribution < 1.29 is 0 Å². The van der Waals surface area contributed by atoms with Crippen LogP contribution in [0.1, 0.15) is 12.8 Å². The first-order valence-electron chi connectivity index (χ1n) is 5.97. The largest absolute Gasteiger partial charge is 0.371 e. The van der Waals surface area contributed by atoms with Gasteiger partial charge in [0, 0.05) is 43.6 Å². The molecule has 1 saturated heterocycles. The molecule has 0 spiro atoms. The van der Waals surface area contributed by atoms with E-state index in [-0.39, 0.29) is 0 Å². The zero-order valence-corrected chi connectivity index (χ0v) is 9.87. The molecule has 0 amide bonds. The SMILES string of the molecule is c1cc(N2CCCC2)ccn1.c1ccncc1. The topological polar surface area (TPSA) is 29.0 Å². The summed E-state index contributed by atoms with van der Waals surface area (Å²) < 4.78 is 0. The number of hydrogen-bond acceptors (Lipinski definition) is 3. The summed E-state index contributed by atoms with van der Waals surface area (Å²) in [5.41, 5.74) is 1.32. The van der Waals surface area contributed by atoms with Gasteiger partial charge in [-0.2, -0.15) is 0 Å². The average Bonchev–Trinajstić information content (AvgIpc) is 2.96. The Bertz CT molecular complexity index is 370. The standard InChI is InChI=1S/C9H12N2.C5H5N/c1-2-8-11(7-1)9-3-5-10-6-4-9;1-2-4-6-5-3-1/h3-6H,1-2,7-8H2;1-5H. The van der Waals surface area contributed by atoms with E-state index in [1.165, 1.54) is 31.6 Å². The molecule has 88 valence electrons. The molecule has 0 bridgehead atoms. The summed E-state index contributed by atoms with van der Waals surface area (Å²) in [5, 5.41) is 0. The van der Waals surface area contributed by atoms with Gasteiger partial charge in [0.15, 0.2) is 0 Å². The Kier molecular flexibility index (Phi) is 4.52. The van der Waals surface area contributed by atoms with Crippen LogP contribution in [0.4, 0.5) is 5.69 Å². The second-order valence-electron chi connectivity index (χ2n) is 3.92. The second-order valence-corrected chi connectivity index (χ2v) is 3.92. The molecular weight excluding hydrogens is 210 g/mol. The van der Waals surface area contributed by atoms with Crippen molar-refractivity contribution in [1.29, 1.82) is 0 Å². The third-order valence-electron chi connectivity index (χ3n) is 2.70. The molecule has 1 fully saturated rings. The van der Waals surface area contributed by atoms with Crippen LogP contribution in [-0.2, 0) is 0 Å². The highest BCUT2D eigenvalue weighted by Crippen LogP contribution is 2.17. The number of nitrogens with zero attached hydrogens (tertiary/aromatic N) is 3. The predicted molar refractivity (Wildman–Crippen MR) is 69.9 cm³/mol. The van der Waals surface area contributed by atoms with E-state index in [0.717, 1.165) is 0 Å². The van der Waals surface area contributed by atoms with E-state index >= 15 is 0 Å². The van der Waals surface area contributed by atoms with Crippen molar-refractivity contribution >= 4 is 5.69 Å². The molecule has 3 heterocycles. The van der Waals surface area contributed by atoms with E-state index in [0.29, 0.717) is 0 Å². The highest BCUT2D eigenvalue weighted by Gasteiger charge is 2.10. The van der Waals surface area contributed by atoms with Crippen LogP contribution in [0.25, 0.3) is 0 Å². The first kappa shape index (κ1) is 11.6. The maximum atomic E-state index is 3.99. The van der Waals surface area contributed by atoms with Gasteiger partial charge in [0.1, 0.15) is 0 Å². The van der Waals surface area contributed by atoms with Gasteiger partial charge in [-0.3, -0.25) is 9.97 Å². The fourth-order valence-corrected chi connectivity index (χ4v) is 1.84. The highest BCUT2D eigenvalue weighted by atomic mass is 15.1. The Morgan fingerprint density at radius 3 is 1.82 bits per heavy atom. The van der Waals surface area contributed by atoms with E-state index in [9.17, 15) is 0 Å². The molecule has 0 saturated carbocycles. The minimum absolute atomic E-state index is 1.21. The maximum absolute atomic E-state index is 3.99. The molecule has 1 aliphatic rings. The van der Waals surface area contributed by atoms with Crippen LogP contribution < -0.4 is 4.90 Å². The van der Waals surface area contributed by atoms with Crippen molar-refractivity contribution in [2.45, 2.75) is 12.8 Å². The van der Waals surface area contributed by atoms with E-state index in [1.807, 2.05) is 30.6 Å². The highest BCUT2D eigenvalue weighted by molar-refractivity contribution is 5.45. The molecule has 2 aromatic heterocycles. The third kappa shape index (κ3) is 3.87. The van der Waals surface area contributed by atoms with Crippen LogP contribution in [0.3, 0.4) is 0 Å². The lowest BCUT2D eigenvalue weighted by Crippen LogP contribution is -2.17. The molecule has 0 N–H and O–H groups in total. The van der Waals surface area contributed by atoms with Gasteiger partial charge in [-0.15, -0.1) is 0 Å². The Hall–Kier alpha value is -1.90. The number of hydrogen-bond donors (Lipinski definition) is 0. The molecule has 0 radical (unpaired) electrons. The van der Waals surface area contributed by atoms with Gasteiger partial charge in [0.25, 0.3) is 0 Å². The van der Waals surface area contributed by atoms with Crippen molar-refractivity contribution in [2.75, 3.05) is 18.0 Å². The average molecular weight is 227 g/mol. The molecular formula is C14H17N3. The van der Waals surface area contributed by atoms with E-state index < -0.39 is 0 Å². The van der Waals surface area contributed by atoms with Crippen LogP contribution in [0, 0.1) is 0 Å². The van der Waals surface area contributed by atoms with Crippen LogP contribution in [0.5, 0.6) is 0 Å². The summed E-state index contributed by atoms with van der Waals surface area (Å²) >= 11 is 0. The van der Waals surface area contributed by atoms with Gasteiger partial charge in [0.2, 0.25) is 0 Å². The Morgan fingerprint density at radius 1 is 0.765 bits per heavy atom. The first-order valence-corrected chi connectivity index (χ1v) is 5.97. The van der Waals surface area contributed by atoms with Crippen molar-refractivity contribution in [3.63, 3.8) is 0 Å². The van der Waals surface area contributed by atoms with Crippen LogP contribution >= 0.6 is 0 Å². The van der Waals surface area contributed by atoms with E-state index in [2.05, 4.69) is 27.0 Å². The zero-order valence-electron chi connectivity index (χ0n) is 9.87. The number of aromatic nitrogens is 2. The molecule has 0 atom stereocenters. The lowest BCUT2D eigenvalue weighted by atomic mass is 10.4. The maximum Gasteiger partial charge on any atom is 0.0397 e. The van der Waals surface area contributed by atoms with E-state index in [4.69, 9.17) is 0 Å². The first-order chi connectivity index (χ1) is 8.47. The van der Waals surface area contributed by atoms with Crippen molar-refractivity contribution in [1.82, 2.24) is 9.97 Å². The van der Waals surface area contributed by atoms with Crippen LogP contribution in [-0.4, -0.2) is 23.1 Å². The Balaban J connectivity index is 0.000000153. The summed E-state index contributed by atoms with van der Waals surface area (Å²) in [5.74, 6) is 0. The van der Waals surface area contributed by atoms with Gasteiger partial charge in [-0.25, -0.2) is 0 Å². The number of pyridine rings is 2. The molecule has 3 heteroatoms. The number of rotatable bonds is 1. The Labute approximate surface area is 102 Å². The molecule has 1 aliphatic heterocycles. The summed E-state index contributed by atoms with van der Waals surface area (Å²) in [4.78, 5) is 10.2. The fourth-order valence-electron chi connectivity index (χ4n) is 1.84. The second kappa shape index (κ2) is 6.63. The zero-order chi connectivity index (χ0) is 11.8. The Morgan fingerprint density at radius 2 is 1.35 bits per heavy atom. The van der Waals surface area contributed by atoms with Crippen molar-refractivity contribution in [2.24, 2.45) is 0 Å². The van der Waals surface area contributed by atoms with E-state index in [1.54, 1.807) is 12.4 Å². The summed E-state index contributed by atoms with van der Waals surface area (Å²) in [6.45, 7) is 2.42. The van der Waals surface area contributed by atoms with Crippen molar-refractivity contribution in [3.05, 3.63) is 55.1 Å². The normalized spacial score (nSPS) is 14.0. The quantitative estimate of drug-likeness (QED) is 0.750. The van der Waals surface area contributed by atoms with Gasteiger partial charge >= 0.3 is 0 Å². The smallest absolute Gasteiger partial charge is 0.0397 e. The van der Waals surface area contributed by atoms with Gasteiger partial charge in [-0.05, 0) is 37.1 Å². The molecule has 0 aliphatic carbocycles. The third-order valence-corrected chi connectivity index (χ3v) is 2.70. The lowest BCUT2D eigenvalue weighted by Gasteiger charge is -2.16. The predicted octanol–water partition coefficient (Wildman–Crippen LogP) is 2.76. The summed E-state index contributed by atoms with van der Waals surface area (Å²) in [6.07, 6.45) is 9.88. The minimum Gasteiger partial charge on any atom is -0.371 e. The lowest BCUT2D eigenvalue weighted by molar-refractivity contribution is 0.949. The van der Waals surface area contributed by atoms with Gasteiger partial charge in [-0.1, -0.05) is 6.07 Å². The molecule has 2 aromatic rings. The fraction of sp³-hybridized carbons (Fsp3) is 0.286. The molecule has 0 unspecified atom stereocenters. The van der Waals surface area contributed by atoms with Crippen LogP contribution in [0.2, 0.25) is 0 Å². The molecule has 3 nitrogen and oxygen atoms in total. The minimum atomic E-state index is 1.21. The van der Waals surface area contributed by atoms with Crippen LogP contribution in [0.15, 0.2) is 55.1 Å². The summed E-state index contributed by atoms with van der Waals surface area (Å²) in [7, 11) is 0. The van der Waals surface area contributed by atoms with Gasteiger partial charge in [0.05, 0.1) is 0 Å². The van der Waals surface area contributed by atoms with Crippen molar-refractivity contribution in [3.8, 4) is 0 Å². The molecule has 3 rings (SSSR count). The summed E-state index contributed by atoms with van der Waals surface area (Å²) in [6, 6.07) is 9.86. The molecule has 0 aromatic carbocycles. The number of anilines is 1.